The summed E-state index contributed by atoms with van der Waals surface area (Å²) >= 11 is 0. The van der Waals surface area contributed by atoms with E-state index >= 15 is 8.78 Å². The molecular formula is C31H18F2N2O. The number of imidazole rings is 1. The Hall–Kier alpha value is -4.77. The van der Waals surface area contributed by atoms with Crippen LogP contribution in [0.15, 0.2) is 114 Å². The third-order valence-electron chi connectivity index (χ3n) is 6.54. The van der Waals surface area contributed by atoms with Crippen molar-refractivity contribution in [2.45, 2.75) is 0 Å². The smallest absolute Gasteiger partial charge is 0.150 e. The number of fused-ring (bicyclic) bond motifs is 4. The number of halogens is 2. The molecule has 0 fully saturated rings. The van der Waals surface area contributed by atoms with Gasteiger partial charge in [0.25, 0.3) is 0 Å². The quantitative estimate of drug-likeness (QED) is 0.258. The molecule has 0 radical (unpaired) electrons. The van der Waals surface area contributed by atoms with E-state index in [4.69, 9.17) is 9.40 Å². The molecule has 0 bridgehead atoms. The summed E-state index contributed by atoms with van der Waals surface area (Å²) in [4.78, 5) is 4.79. The number of hydrogen-bond donors (Lipinski definition) is 0. The Labute approximate surface area is 204 Å². The lowest BCUT2D eigenvalue weighted by molar-refractivity contribution is 0.572. The van der Waals surface area contributed by atoms with E-state index in [2.05, 4.69) is 0 Å². The average Bonchev–Trinajstić information content (AvgIpc) is 3.47. The molecule has 2 heterocycles. The van der Waals surface area contributed by atoms with Crippen molar-refractivity contribution in [1.82, 2.24) is 9.55 Å². The number of benzene rings is 5. The number of hydrogen-bond acceptors (Lipinski definition) is 2. The molecule has 0 saturated heterocycles. The predicted octanol–water partition coefficient (Wildman–Crippen LogP) is 8.54. The van der Waals surface area contributed by atoms with Crippen LogP contribution in [0.1, 0.15) is 0 Å². The summed E-state index contributed by atoms with van der Waals surface area (Å²) in [5.74, 6) is -0.866. The zero-order valence-electron chi connectivity index (χ0n) is 19.0. The van der Waals surface area contributed by atoms with Gasteiger partial charge in [-0.05, 0) is 59.7 Å². The minimum Gasteiger partial charge on any atom is -0.456 e. The minimum atomic E-state index is -0.659. The van der Waals surface area contributed by atoms with Crippen molar-refractivity contribution in [2.75, 3.05) is 0 Å². The molecule has 172 valence electrons. The highest BCUT2D eigenvalue weighted by Crippen LogP contribution is 2.36. The molecular weight excluding hydrogens is 454 g/mol. The highest BCUT2D eigenvalue weighted by atomic mass is 19.1. The van der Waals surface area contributed by atoms with Crippen LogP contribution in [0.25, 0.3) is 61.2 Å². The first-order valence-electron chi connectivity index (χ1n) is 11.6. The van der Waals surface area contributed by atoms with Crippen LogP contribution < -0.4 is 0 Å². The van der Waals surface area contributed by atoms with Crippen molar-refractivity contribution >= 4 is 33.0 Å². The highest BCUT2D eigenvalue weighted by Gasteiger charge is 2.22. The summed E-state index contributed by atoms with van der Waals surface area (Å²) in [6.07, 6.45) is 0. The van der Waals surface area contributed by atoms with Gasteiger partial charge in [-0.3, -0.25) is 4.57 Å². The topological polar surface area (TPSA) is 31.0 Å². The van der Waals surface area contributed by atoms with Gasteiger partial charge in [0.2, 0.25) is 0 Å². The summed E-state index contributed by atoms with van der Waals surface area (Å²) in [7, 11) is 0. The molecule has 0 saturated carbocycles. The van der Waals surface area contributed by atoms with Crippen LogP contribution >= 0.6 is 0 Å². The Bertz CT molecular complexity index is 1900. The molecule has 0 aliphatic heterocycles. The second-order valence-electron chi connectivity index (χ2n) is 8.72. The van der Waals surface area contributed by atoms with Crippen LogP contribution in [-0.4, -0.2) is 9.55 Å². The molecule has 0 amide bonds. The molecule has 0 spiro atoms. The highest BCUT2D eigenvalue weighted by molar-refractivity contribution is 6.06. The Morgan fingerprint density at radius 3 is 2.11 bits per heavy atom. The SMILES string of the molecule is Fc1cc(-c2ccccc2)cc(F)c1-n1c(-c2ccc3oc4ccccc4c3c2)nc2ccccc21. The van der Waals surface area contributed by atoms with Crippen molar-refractivity contribution < 1.29 is 13.2 Å². The van der Waals surface area contributed by atoms with E-state index in [9.17, 15) is 0 Å². The fourth-order valence-corrected chi connectivity index (χ4v) is 4.89. The molecule has 7 aromatic rings. The maximum absolute atomic E-state index is 15.7. The average molecular weight is 472 g/mol. The minimum absolute atomic E-state index is 0.157. The Morgan fingerprint density at radius 2 is 1.28 bits per heavy atom. The number of aromatic nitrogens is 2. The molecule has 0 N–H and O–H groups in total. The summed E-state index contributed by atoms with van der Waals surface area (Å²) in [5, 5.41) is 1.89. The zero-order chi connectivity index (χ0) is 24.2. The van der Waals surface area contributed by atoms with Gasteiger partial charge in [-0.2, -0.15) is 0 Å². The van der Waals surface area contributed by atoms with E-state index in [1.165, 1.54) is 12.1 Å². The number of nitrogens with zero attached hydrogens (tertiary/aromatic N) is 2. The van der Waals surface area contributed by atoms with Crippen molar-refractivity contribution in [3.8, 4) is 28.2 Å². The molecule has 2 aromatic heterocycles. The first-order valence-corrected chi connectivity index (χ1v) is 11.6. The Morgan fingerprint density at radius 1 is 0.583 bits per heavy atom. The number of para-hydroxylation sites is 3. The third kappa shape index (κ3) is 3.13. The summed E-state index contributed by atoms with van der Waals surface area (Å²) in [6.45, 7) is 0. The van der Waals surface area contributed by atoms with Gasteiger partial charge >= 0.3 is 0 Å². The molecule has 0 aliphatic rings. The van der Waals surface area contributed by atoms with Gasteiger partial charge in [0.15, 0.2) is 11.6 Å². The van der Waals surface area contributed by atoms with Crippen molar-refractivity contribution in [1.29, 1.82) is 0 Å². The summed E-state index contributed by atoms with van der Waals surface area (Å²) in [6, 6.07) is 32.8. The van der Waals surface area contributed by atoms with Crippen LogP contribution in [0.4, 0.5) is 8.78 Å². The third-order valence-corrected chi connectivity index (χ3v) is 6.54. The zero-order valence-corrected chi connectivity index (χ0v) is 19.0. The second-order valence-corrected chi connectivity index (χ2v) is 8.72. The summed E-state index contributed by atoms with van der Waals surface area (Å²) in [5.41, 5.74) is 4.59. The van der Waals surface area contributed by atoms with Crippen LogP contribution in [-0.2, 0) is 0 Å². The van der Waals surface area contributed by atoms with Gasteiger partial charge in [-0.15, -0.1) is 0 Å². The van der Waals surface area contributed by atoms with Gasteiger partial charge in [0.1, 0.15) is 22.7 Å². The maximum Gasteiger partial charge on any atom is 0.150 e. The van der Waals surface area contributed by atoms with Crippen molar-refractivity contribution in [3.63, 3.8) is 0 Å². The molecule has 3 nitrogen and oxygen atoms in total. The summed E-state index contributed by atoms with van der Waals surface area (Å²) < 4.78 is 38.9. The lowest BCUT2D eigenvalue weighted by atomic mass is 10.0. The van der Waals surface area contributed by atoms with Gasteiger partial charge < -0.3 is 4.42 Å². The first-order chi connectivity index (χ1) is 17.7. The van der Waals surface area contributed by atoms with Crippen molar-refractivity contribution in [2.24, 2.45) is 0 Å². The van der Waals surface area contributed by atoms with Crippen molar-refractivity contribution in [3.05, 3.63) is 121 Å². The van der Waals surface area contributed by atoms with Crippen LogP contribution in [0.5, 0.6) is 0 Å². The van der Waals surface area contributed by atoms with E-state index in [0.717, 1.165) is 33.1 Å². The fraction of sp³-hybridized carbons (Fsp3) is 0. The molecule has 0 aliphatic carbocycles. The fourth-order valence-electron chi connectivity index (χ4n) is 4.89. The largest absolute Gasteiger partial charge is 0.456 e. The van der Waals surface area contributed by atoms with E-state index in [0.29, 0.717) is 22.4 Å². The van der Waals surface area contributed by atoms with Gasteiger partial charge in [-0.25, -0.2) is 13.8 Å². The molecule has 5 heteroatoms. The molecule has 36 heavy (non-hydrogen) atoms. The molecule has 7 rings (SSSR count). The first kappa shape index (κ1) is 20.6. The van der Waals surface area contributed by atoms with Gasteiger partial charge in [0, 0.05) is 16.3 Å². The van der Waals surface area contributed by atoms with E-state index < -0.39 is 11.6 Å². The normalized spacial score (nSPS) is 11.6. The standard InChI is InChI=1S/C31H18F2N2O/c32-24-17-21(19-8-2-1-3-9-19)18-25(33)30(24)35-27-12-6-5-11-26(27)34-31(35)20-14-15-29-23(16-20)22-10-4-7-13-28(22)36-29/h1-18H. The maximum atomic E-state index is 15.7. The molecule has 0 atom stereocenters. The van der Waals surface area contributed by atoms with Gasteiger partial charge in [0.05, 0.1) is 11.0 Å². The Kier molecular flexibility index (Phi) is 4.51. The second kappa shape index (κ2) is 7.89. The van der Waals surface area contributed by atoms with E-state index in [1.54, 1.807) is 4.57 Å². The van der Waals surface area contributed by atoms with Crippen LogP contribution in [0.2, 0.25) is 0 Å². The molecule has 0 unspecified atom stereocenters. The predicted molar refractivity (Wildman–Crippen MR) is 139 cm³/mol. The van der Waals surface area contributed by atoms with Crippen LogP contribution in [0, 0.1) is 11.6 Å². The van der Waals surface area contributed by atoms with E-state index in [-0.39, 0.29) is 5.69 Å². The van der Waals surface area contributed by atoms with E-state index in [1.807, 2.05) is 97.1 Å². The van der Waals surface area contributed by atoms with Crippen LogP contribution in [0.3, 0.4) is 0 Å². The number of furan rings is 1. The monoisotopic (exact) mass is 472 g/mol. The molecule has 5 aromatic carbocycles. The van der Waals surface area contributed by atoms with Gasteiger partial charge in [-0.1, -0.05) is 60.7 Å². The lowest BCUT2D eigenvalue weighted by Crippen LogP contribution is -2.04. The number of rotatable bonds is 3. The Balaban J connectivity index is 1.49. The lowest BCUT2D eigenvalue weighted by Gasteiger charge is -2.13.